The van der Waals surface area contributed by atoms with Crippen LogP contribution in [-0.2, 0) is 0 Å². The smallest absolute Gasteiger partial charge is 0.508 e. The Morgan fingerprint density at radius 3 is 1.83 bits per heavy atom. The van der Waals surface area contributed by atoms with Gasteiger partial charge in [-0.2, -0.15) is 4.39 Å². The molecule has 0 bridgehead atoms. The number of pyridine rings is 1. The number of hydrogen-bond donors (Lipinski definition) is 2. The van der Waals surface area contributed by atoms with E-state index in [2.05, 4.69) is 19.8 Å². The molecule has 0 atom stereocenters. The highest BCUT2D eigenvalue weighted by Crippen LogP contribution is 2.43. The first-order valence-electron chi connectivity index (χ1n) is 11.3. The largest absolute Gasteiger partial charge is 0.573 e. The van der Waals surface area contributed by atoms with Crippen molar-refractivity contribution < 1.29 is 63.7 Å². The fourth-order valence-corrected chi connectivity index (χ4v) is 3.20. The van der Waals surface area contributed by atoms with Crippen molar-refractivity contribution in [3.8, 4) is 28.7 Å². The van der Waals surface area contributed by atoms with Gasteiger partial charge in [0.15, 0.2) is 28.8 Å². The maximum absolute atomic E-state index is 15.3. The standard InChI is InChI=1S/C22H16B3F8N3O6/c23-20(24,25)42-17-13(4-3-12(16(17)27)41-22(31,32)33)39-10-1-2-11(40-21(28,29)30)15(26)14(10)19(38)36-8-5-6-35-9(7-8)18(34)37/h1-7H,23-25H2,(H2,34,37)(H,35,36,38). The van der Waals surface area contributed by atoms with E-state index in [1.807, 2.05) is 0 Å². The lowest BCUT2D eigenvalue weighted by Gasteiger charge is -2.25. The average molecular weight is 603 g/mol. The summed E-state index contributed by atoms with van der Waals surface area (Å²) < 4.78 is 125. The van der Waals surface area contributed by atoms with Crippen LogP contribution in [0.15, 0.2) is 42.6 Å². The van der Waals surface area contributed by atoms with Crippen molar-refractivity contribution in [3.05, 3.63) is 65.5 Å². The van der Waals surface area contributed by atoms with Gasteiger partial charge in [-0.25, -0.2) is 4.39 Å². The summed E-state index contributed by atoms with van der Waals surface area (Å²) in [4.78, 5) is 28.1. The number of amides is 2. The minimum atomic E-state index is -5.39. The van der Waals surface area contributed by atoms with Gasteiger partial charge in [-0.05, 0) is 36.4 Å². The Morgan fingerprint density at radius 2 is 1.31 bits per heavy atom. The fraction of sp³-hybridized carbons (Fsp3) is 0.136. The zero-order valence-corrected chi connectivity index (χ0v) is 21.5. The molecule has 1 heterocycles. The number of alkyl halides is 6. The number of carbonyl (C=O) groups excluding carboxylic acids is 2. The molecule has 9 nitrogen and oxygen atoms in total. The van der Waals surface area contributed by atoms with Crippen LogP contribution in [0, 0.1) is 11.6 Å². The second kappa shape index (κ2) is 11.7. The van der Waals surface area contributed by atoms with Gasteiger partial charge in [-0.3, -0.25) is 14.6 Å². The Kier molecular flexibility index (Phi) is 8.88. The number of benzene rings is 2. The van der Waals surface area contributed by atoms with E-state index in [-0.39, 0.29) is 11.4 Å². The van der Waals surface area contributed by atoms with E-state index in [0.29, 0.717) is 18.2 Å². The number of hydrogen-bond acceptors (Lipinski definition) is 7. The highest BCUT2D eigenvalue weighted by atomic mass is 19.4. The summed E-state index contributed by atoms with van der Waals surface area (Å²) in [6, 6.07) is 4.41. The highest BCUT2D eigenvalue weighted by Gasteiger charge is 2.36. The van der Waals surface area contributed by atoms with E-state index in [0.717, 1.165) is 24.4 Å². The lowest BCUT2D eigenvalue weighted by Crippen LogP contribution is -2.38. The number of carbonyl (C=O) groups is 2. The van der Waals surface area contributed by atoms with Crippen LogP contribution in [0.3, 0.4) is 0 Å². The monoisotopic (exact) mass is 603 g/mol. The first-order valence-corrected chi connectivity index (χ1v) is 11.3. The van der Waals surface area contributed by atoms with Crippen molar-refractivity contribution in [1.29, 1.82) is 0 Å². The molecule has 20 heteroatoms. The molecule has 0 aliphatic rings. The molecule has 0 radical (unpaired) electrons. The van der Waals surface area contributed by atoms with Crippen LogP contribution in [0.5, 0.6) is 28.7 Å². The minimum Gasteiger partial charge on any atom is -0.508 e. The Morgan fingerprint density at radius 1 is 0.786 bits per heavy atom. The Balaban J connectivity index is 2.15. The Bertz CT molecular complexity index is 1520. The molecule has 0 saturated heterocycles. The predicted octanol–water partition coefficient (Wildman–Crippen LogP) is 2.19. The Hall–Kier alpha value is -4.64. The molecule has 2 amide bonds. The molecule has 0 fully saturated rings. The summed E-state index contributed by atoms with van der Waals surface area (Å²) in [5, 5.41) is 0.857. The summed E-state index contributed by atoms with van der Waals surface area (Å²) in [5.74, 6) is -11.3. The molecule has 2 aromatic carbocycles. The number of rotatable bonds is 9. The number of nitrogens with one attached hydrogen (secondary N) is 1. The van der Waals surface area contributed by atoms with Crippen LogP contribution < -0.4 is 30.0 Å². The molecule has 0 aliphatic carbocycles. The normalized spacial score (nSPS) is 11.9. The average Bonchev–Trinajstić information content (AvgIpc) is 2.82. The van der Waals surface area contributed by atoms with Crippen LogP contribution in [-0.4, -0.2) is 58.4 Å². The molecular weight excluding hydrogens is 587 g/mol. The van der Waals surface area contributed by atoms with Gasteiger partial charge in [-0.15, -0.1) is 26.3 Å². The molecule has 0 unspecified atom stereocenters. The predicted molar refractivity (Wildman–Crippen MR) is 136 cm³/mol. The van der Waals surface area contributed by atoms with Gasteiger partial charge in [0.1, 0.15) is 40.5 Å². The molecule has 3 rings (SSSR count). The molecule has 1 aromatic heterocycles. The number of ether oxygens (including phenoxy) is 4. The SMILES string of the molecule is BC(B)(B)Oc1c(Oc2ccc(OC(F)(F)F)c(F)c2C(=O)Nc2ccnc(C(N)=O)c2)ccc(OC(F)(F)F)c1F. The quantitative estimate of drug-likeness (QED) is 0.285. The maximum Gasteiger partial charge on any atom is 0.573 e. The van der Waals surface area contributed by atoms with Gasteiger partial charge in [0.05, 0.1) is 0 Å². The second-order valence-corrected chi connectivity index (χ2v) is 9.12. The lowest BCUT2D eigenvalue weighted by molar-refractivity contribution is -0.276. The van der Waals surface area contributed by atoms with Crippen molar-refractivity contribution in [2.75, 3.05) is 5.32 Å². The molecule has 3 N–H and O–H groups in total. The van der Waals surface area contributed by atoms with Crippen LogP contribution in [0.25, 0.3) is 0 Å². The first-order chi connectivity index (χ1) is 19.2. The first kappa shape index (κ1) is 31.9. The topological polar surface area (TPSA) is 122 Å². The zero-order valence-electron chi connectivity index (χ0n) is 21.5. The van der Waals surface area contributed by atoms with Crippen molar-refractivity contribution >= 4 is 41.0 Å². The van der Waals surface area contributed by atoms with Crippen LogP contribution >= 0.6 is 0 Å². The summed E-state index contributed by atoms with van der Waals surface area (Å²) >= 11 is 0. The summed E-state index contributed by atoms with van der Waals surface area (Å²) in [7, 11) is 4.18. The van der Waals surface area contributed by atoms with Gasteiger partial charge in [0.2, 0.25) is 5.82 Å². The highest BCUT2D eigenvalue weighted by molar-refractivity contribution is 6.58. The van der Waals surface area contributed by atoms with Crippen molar-refractivity contribution in [2.45, 2.75) is 18.0 Å². The third-order valence-electron chi connectivity index (χ3n) is 4.67. The van der Waals surface area contributed by atoms with Gasteiger partial charge in [-0.1, -0.05) is 0 Å². The van der Waals surface area contributed by atoms with Crippen molar-refractivity contribution in [3.63, 3.8) is 0 Å². The second-order valence-electron chi connectivity index (χ2n) is 9.12. The third kappa shape index (κ3) is 8.44. The molecular formula is C22H16B3F8N3O6. The molecule has 0 spiro atoms. The lowest BCUT2D eigenvalue weighted by atomic mass is 9.52. The zero-order chi connectivity index (χ0) is 31.6. The van der Waals surface area contributed by atoms with E-state index in [1.54, 1.807) is 0 Å². The summed E-state index contributed by atoms with van der Waals surface area (Å²) in [6.07, 6.45) is -9.65. The molecule has 0 aliphatic heterocycles. The van der Waals surface area contributed by atoms with Gasteiger partial charge >= 0.3 is 12.7 Å². The van der Waals surface area contributed by atoms with Gasteiger partial charge in [0.25, 0.3) is 11.8 Å². The van der Waals surface area contributed by atoms with Crippen LogP contribution in [0.1, 0.15) is 20.8 Å². The van der Waals surface area contributed by atoms with Gasteiger partial charge < -0.3 is 30.0 Å². The minimum absolute atomic E-state index is 0.201. The number of nitrogens with zero attached hydrogens (tertiary/aromatic N) is 1. The summed E-state index contributed by atoms with van der Waals surface area (Å²) in [5.41, 5.74) is 3.37. The van der Waals surface area contributed by atoms with Crippen LogP contribution in [0.2, 0.25) is 0 Å². The maximum atomic E-state index is 15.3. The van der Waals surface area contributed by atoms with Crippen molar-refractivity contribution in [1.82, 2.24) is 4.98 Å². The molecule has 0 saturated carbocycles. The summed E-state index contributed by atoms with van der Waals surface area (Å²) in [6.45, 7) is 0. The van der Waals surface area contributed by atoms with Crippen molar-refractivity contribution in [2.24, 2.45) is 5.73 Å². The van der Waals surface area contributed by atoms with E-state index >= 15 is 8.78 Å². The fourth-order valence-electron chi connectivity index (χ4n) is 3.20. The van der Waals surface area contributed by atoms with Crippen LogP contribution in [0.4, 0.5) is 40.8 Å². The number of anilines is 1. The Labute approximate surface area is 233 Å². The molecule has 3 aromatic rings. The third-order valence-corrected chi connectivity index (χ3v) is 4.67. The van der Waals surface area contributed by atoms with E-state index in [9.17, 15) is 35.9 Å². The number of nitrogens with two attached hydrogens (primary N) is 1. The number of primary amides is 1. The van der Waals surface area contributed by atoms with E-state index in [4.69, 9.17) is 15.2 Å². The number of halogens is 8. The van der Waals surface area contributed by atoms with E-state index in [1.165, 1.54) is 23.5 Å². The van der Waals surface area contributed by atoms with Gasteiger partial charge in [0, 0.05) is 17.2 Å². The number of aromatic nitrogens is 1. The van der Waals surface area contributed by atoms with E-state index < -0.39 is 75.8 Å². The molecule has 42 heavy (non-hydrogen) atoms. The molecule has 220 valence electrons.